The van der Waals surface area contributed by atoms with Crippen LogP contribution in [-0.2, 0) is 6.54 Å². The van der Waals surface area contributed by atoms with Gasteiger partial charge in [0.25, 0.3) is 0 Å². The van der Waals surface area contributed by atoms with Gasteiger partial charge in [0.05, 0.1) is 6.33 Å². The third-order valence-corrected chi connectivity index (χ3v) is 2.84. The van der Waals surface area contributed by atoms with Gasteiger partial charge in [0, 0.05) is 6.54 Å². The zero-order valence-electron chi connectivity index (χ0n) is 9.84. The van der Waals surface area contributed by atoms with Crippen LogP contribution in [-0.4, -0.2) is 24.4 Å². The van der Waals surface area contributed by atoms with Crippen LogP contribution in [0.25, 0.3) is 11.2 Å². The topological polar surface area (TPSA) is 86.7 Å². The van der Waals surface area contributed by atoms with Crippen molar-refractivity contribution in [3.05, 3.63) is 21.6 Å². The normalized spacial score (nSPS) is 11.0. The Morgan fingerprint density at radius 3 is 2.89 bits per heavy atom. The van der Waals surface area contributed by atoms with E-state index in [4.69, 9.17) is 11.6 Å². The maximum absolute atomic E-state index is 10.7. The molecule has 0 atom stereocenters. The molecule has 0 saturated carbocycles. The fourth-order valence-electron chi connectivity index (χ4n) is 1.68. The predicted octanol–water partition coefficient (Wildman–Crippen LogP) is 2.58. The zero-order valence-corrected chi connectivity index (χ0v) is 10.6. The van der Waals surface area contributed by atoms with E-state index in [-0.39, 0.29) is 5.15 Å². The fourth-order valence-corrected chi connectivity index (χ4v) is 1.89. The van der Waals surface area contributed by atoms with Crippen molar-refractivity contribution in [3.8, 4) is 0 Å². The van der Waals surface area contributed by atoms with Gasteiger partial charge in [-0.15, -0.1) is 0 Å². The summed E-state index contributed by atoms with van der Waals surface area (Å²) in [7, 11) is 0. The van der Waals surface area contributed by atoms with Crippen LogP contribution in [0.15, 0.2) is 6.33 Å². The van der Waals surface area contributed by atoms with Crippen molar-refractivity contribution in [1.82, 2.24) is 19.5 Å². The minimum atomic E-state index is -0.658. The third kappa shape index (κ3) is 2.40. The number of fused-ring (bicyclic) bond motifs is 1. The largest absolute Gasteiger partial charge is 0.472 e. The van der Waals surface area contributed by atoms with Crippen molar-refractivity contribution in [2.24, 2.45) is 0 Å². The van der Waals surface area contributed by atoms with E-state index in [1.54, 1.807) is 10.9 Å². The summed E-state index contributed by atoms with van der Waals surface area (Å²) in [5, 5.41) is 10.7. The molecule has 0 aliphatic carbocycles. The van der Waals surface area contributed by atoms with Gasteiger partial charge >= 0.3 is 5.95 Å². The molecule has 0 N–H and O–H groups in total. The van der Waals surface area contributed by atoms with Crippen molar-refractivity contribution >= 4 is 28.7 Å². The lowest BCUT2D eigenvalue weighted by Gasteiger charge is -2.00. The number of aryl methyl sites for hydroxylation is 1. The molecular weight excluding hydrogens is 258 g/mol. The molecule has 2 aromatic rings. The van der Waals surface area contributed by atoms with E-state index in [1.807, 2.05) is 0 Å². The zero-order chi connectivity index (χ0) is 13.1. The van der Waals surface area contributed by atoms with Gasteiger partial charge in [-0.2, -0.15) is 0 Å². The lowest BCUT2D eigenvalue weighted by Crippen LogP contribution is -2.01. The molecule has 0 aliphatic rings. The molecule has 7 nitrogen and oxygen atoms in total. The summed E-state index contributed by atoms with van der Waals surface area (Å²) in [4.78, 5) is 21.6. The highest BCUT2D eigenvalue weighted by Gasteiger charge is 2.20. The number of aromatic nitrogens is 4. The average molecular weight is 270 g/mol. The summed E-state index contributed by atoms with van der Waals surface area (Å²) in [6.45, 7) is 2.82. The second-order valence-electron chi connectivity index (χ2n) is 3.89. The van der Waals surface area contributed by atoms with Crippen molar-refractivity contribution in [2.45, 2.75) is 32.7 Å². The van der Waals surface area contributed by atoms with Crippen LogP contribution in [0.2, 0.25) is 5.15 Å². The Morgan fingerprint density at radius 1 is 1.44 bits per heavy atom. The second-order valence-corrected chi connectivity index (χ2v) is 4.25. The van der Waals surface area contributed by atoms with Crippen molar-refractivity contribution < 1.29 is 4.92 Å². The first-order valence-corrected chi connectivity index (χ1v) is 6.04. The molecule has 0 saturated heterocycles. The molecular formula is C10H12ClN5O2. The van der Waals surface area contributed by atoms with E-state index in [2.05, 4.69) is 21.9 Å². The summed E-state index contributed by atoms with van der Waals surface area (Å²) in [6.07, 6.45) is 4.74. The molecule has 2 aromatic heterocycles. The molecule has 2 heterocycles. The predicted molar refractivity (Wildman–Crippen MR) is 66.5 cm³/mol. The number of nitro groups is 1. The van der Waals surface area contributed by atoms with E-state index in [0.29, 0.717) is 11.2 Å². The van der Waals surface area contributed by atoms with Gasteiger partial charge in [-0.05, 0) is 27.9 Å². The summed E-state index contributed by atoms with van der Waals surface area (Å²) in [5.74, 6) is -0.496. The lowest BCUT2D eigenvalue weighted by atomic mass is 10.2. The Hall–Kier alpha value is -1.76. The molecule has 0 bridgehead atoms. The van der Waals surface area contributed by atoms with Gasteiger partial charge in [0.1, 0.15) is 0 Å². The second kappa shape index (κ2) is 5.26. The van der Waals surface area contributed by atoms with Gasteiger partial charge in [0.15, 0.2) is 5.52 Å². The van der Waals surface area contributed by atoms with E-state index in [9.17, 15) is 10.1 Å². The Labute approximate surface area is 108 Å². The van der Waals surface area contributed by atoms with Crippen LogP contribution in [0.4, 0.5) is 5.95 Å². The highest BCUT2D eigenvalue weighted by atomic mass is 35.5. The number of hydrogen-bond acceptors (Lipinski definition) is 5. The highest BCUT2D eigenvalue weighted by molar-refractivity contribution is 6.33. The Bertz CT molecular complexity index is 583. The summed E-state index contributed by atoms with van der Waals surface area (Å²) in [6, 6.07) is 0. The quantitative estimate of drug-likeness (QED) is 0.360. The van der Waals surface area contributed by atoms with Gasteiger partial charge in [-0.25, -0.2) is 4.98 Å². The SMILES string of the molecule is CCCCCn1cnc2c(Cl)nc([N+](=O)[O-])nc21. The summed E-state index contributed by atoms with van der Waals surface area (Å²) < 4.78 is 1.77. The number of imidazole rings is 1. The smallest absolute Gasteiger partial charge is 0.390 e. The molecule has 0 fully saturated rings. The van der Waals surface area contributed by atoms with Crippen molar-refractivity contribution in [2.75, 3.05) is 0 Å². The van der Waals surface area contributed by atoms with Crippen molar-refractivity contribution in [3.63, 3.8) is 0 Å². The van der Waals surface area contributed by atoms with Crippen LogP contribution in [0.5, 0.6) is 0 Å². The third-order valence-electron chi connectivity index (χ3n) is 2.58. The van der Waals surface area contributed by atoms with E-state index >= 15 is 0 Å². The van der Waals surface area contributed by atoms with Gasteiger partial charge < -0.3 is 14.7 Å². The van der Waals surface area contributed by atoms with E-state index < -0.39 is 10.9 Å². The number of nitrogens with zero attached hydrogens (tertiary/aromatic N) is 5. The summed E-state index contributed by atoms with van der Waals surface area (Å²) >= 11 is 5.85. The monoisotopic (exact) mass is 269 g/mol. The number of halogens is 1. The molecule has 0 spiro atoms. The van der Waals surface area contributed by atoms with Crippen LogP contribution in [0, 0.1) is 10.1 Å². The van der Waals surface area contributed by atoms with Gasteiger partial charge in [-0.1, -0.05) is 24.7 Å². The van der Waals surface area contributed by atoms with Gasteiger partial charge in [-0.3, -0.25) is 0 Å². The molecule has 0 amide bonds. The first-order chi connectivity index (χ1) is 8.63. The van der Waals surface area contributed by atoms with Crippen molar-refractivity contribution in [1.29, 1.82) is 0 Å². The van der Waals surface area contributed by atoms with Crippen LogP contribution < -0.4 is 0 Å². The molecule has 96 valence electrons. The lowest BCUT2D eigenvalue weighted by molar-refractivity contribution is -0.394. The molecule has 2 rings (SSSR count). The standard InChI is InChI=1S/C10H12ClN5O2/c1-2-3-4-5-15-6-12-7-8(11)13-10(16(17)18)14-9(7)15/h6H,2-5H2,1H3. The van der Waals surface area contributed by atoms with Gasteiger partial charge in [0.2, 0.25) is 10.8 Å². The number of rotatable bonds is 5. The van der Waals surface area contributed by atoms with E-state index in [1.165, 1.54) is 0 Å². The molecule has 0 aromatic carbocycles. The highest BCUT2D eigenvalue weighted by Crippen LogP contribution is 2.21. The first-order valence-electron chi connectivity index (χ1n) is 5.66. The average Bonchev–Trinajstić information content (AvgIpc) is 2.73. The Kier molecular flexibility index (Phi) is 3.71. The maximum Gasteiger partial charge on any atom is 0.472 e. The molecule has 0 unspecified atom stereocenters. The Morgan fingerprint density at radius 2 is 2.22 bits per heavy atom. The fraction of sp³-hybridized carbons (Fsp3) is 0.500. The van der Waals surface area contributed by atoms with Crippen LogP contribution in [0.1, 0.15) is 26.2 Å². The number of hydrogen-bond donors (Lipinski definition) is 0. The first kappa shape index (κ1) is 12.7. The molecule has 18 heavy (non-hydrogen) atoms. The Balaban J connectivity index is 2.40. The summed E-state index contributed by atoms with van der Waals surface area (Å²) in [5.41, 5.74) is 0.816. The molecule has 0 radical (unpaired) electrons. The minimum absolute atomic E-state index is 0.0148. The maximum atomic E-state index is 10.7. The molecule has 8 heteroatoms. The van der Waals surface area contributed by atoms with E-state index in [0.717, 1.165) is 25.8 Å². The van der Waals surface area contributed by atoms with Crippen LogP contribution >= 0.6 is 11.6 Å². The molecule has 0 aliphatic heterocycles. The number of unbranched alkanes of at least 4 members (excludes halogenated alkanes) is 2. The minimum Gasteiger partial charge on any atom is -0.390 e. The van der Waals surface area contributed by atoms with Crippen LogP contribution in [0.3, 0.4) is 0 Å².